The molecule has 1 aliphatic carbocycles. The summed E-state index contributed by atoms with van der Waals surface area (Å²) in [4.78, 5) is 15.0. The third-order valence-corrected chi connectivity index (χ3v) is 11.9. The zero-order valence-corrected chi connectivity index (χ0v) is 31.1. The van der Waals surface area contributed by atoms with E-state index >= 15 is 0 Å². The van der Waals surface area contributed by atoms with Crippen molar-refractivity contribution in [2.75, 3.05) is 0 Å². The molecule has 3 aromatic heterocycles. The Balaban J connectivity index is 1.04. The zero-order chi connectivity index (χ0) is 37.0. The normalized spacial score (nSPS) is 12.9. The molecule has 264 valence electrons. The van der Waals surface area contributed by atoms with Crippen molar-refractivity contribution in [3.05, 3.63) is 182 Å². The Bertz CT molecular complexity index is 3190. The standard InChI is InChI=1S/C51H33N3OS/c1-4-14-32(15-5-1)42-31-47-43(39-22-10-11-25-46(39)56-47)30-41(42)36-26-27-40-45(29-36)55-44-24-13-23-38(48(40)44)35-20-12-21-37(28-35)51-53-49(33-16-6-2-7-17-33)52-50(54-51)34-18-8-3-9-19-34/h1-2,4-8,10-31H,3,9H2. The topological polar surface area (TPSA) is 51.8 Å². The Morgan fingerprint density at radius 2 is 1.12 bits per heavy atom. The van der Waals surface area contributed by atoms with Crippen molar-refractivity contribution >= 4 is 59.0 Å². The number of benzene rings is 7. The molecule has 56 heavy (non-hydrogen) atoms. The molecule has 0 spiro atoms. The fourth-order valence-electron chi connectivity index (χ4n) is 8.06. The van der Waals surface area contributed by atoms with Crippen molar-refractivity contribution < 1.29 is 4.42 Å². The van der Waals surface area contributed by atoms with Gasteiger partial charge in [-0.1, -0.05) is 133 Å². The van der Waals surface area contributed by atoms with Gasteiger partial charge < -0.3 is 4.42 Å². The smallest absolute Gasteiger partial charge is 0.164 e. The van der Waals surface area contributed by atoms with Crippen molar-refractivity contribution in [3.63, 3.8) is 0 Å². The molecular formula is C51H33N3OS. The van der Waals surface area contributed by atoms with E-state index in [1.165, 1.54) is 36.9 Å². The van der Waals surface area contributed by atoms with Crippen molar-refractivity contribution in [1.29, 1.82) is 0 Å². The van der Waals surface area contributed by atoms with Crippen molar-refractivity contribution in [1.82, 2.24) is 15.0 Å². The van der Waals surface area contributed by atoms with Gasteiger partial charge in [-0.25, -0.2) is 15.0 Å². The van der Waals surface area contributed by atoms with Crippen LogP contribution in [0.2, 0.25) is 0 Å². The Kier molecular flexibility index (Phi) is 7.78. The number of hydrogen-bond donors (Lipinski definition) is 0. The van der Waals surface area contributed by atoms with Gasteiger partial charge in [-0.3, -0.25) is 0 Å². The quantitative estimate of drug-likeness (QED) is 0.171. The molecule has 0 saturated carbocycles. The second kappa shape index (κ2) is 13.4. The lowest BCUT2D eigenvalue weighted by Gasteiger charge is -2.12. The molecule has 0 N–H and O–H groups in total. The van der Waals surface area contributed by atoms with E-state index in [4.69, 9.17) is 19.4 Å². The largest absolute Gasteiger partial charge is 0.456 e. The van der Waals surface area contributed by atoms with Gasteiger partial charge in [-0.05, 0) is 88.7 Å². The van der Waals surface area contributed by atoms with Gasteiger partial charge in [-0.2, -0.15) is 0 Å². The van der Waals surface area contributed by atoms with Crippen molar-refractivity contribution in [2.45, 2.75) is 12.8 Å². The van der Waals surface area contributed by atoms with Gasteiger partial charge in [-0.15, -0.1) is 11.3 Å². The highest BCUT2D eigenvalue weighted by molar-refractivity contribution is 7.25. The minimum Gasteiger partial charge on any atom is -0.456 e. The van der Waals surface area contributed by atoms with E-state index in [2.05, 4.69) is 146 Å². The summed E-state index contributed by atoms with van der Waals surface area (Å²) in [5, 5.41) is 4.74. The molecule has 7 aromatic carbocycles. The highest BCUT2D eigenvalue weighted by atomic mass is 32.1. The van der Waals surface area contributed by atoms with Crippen LogP contribution in [0.5, 0.6) is 0 Å². The number of rotatable bonds is 6. The lowest BCUT2D eigenvalue weighted by Crippen LogP contribution is -2.03. The summed E-state index contributed by atoms with van der Waals surface area (Å²) in [5.74, 6) is 2.00. The van der Waals surface area contributed by atoms with Crippen LogP contribution >= 0.6 is 11.3 Å². The van der Waals surface area contributed by atoms with E-state index in [1.807, 2.05) is 41.7 Å². The number of thiophene rings is 1. The second-order valence-electron chi connectivity index (χ2n) is 14.2. The number of aromatic nitrogens is 3. The van der Waals surface area contributed by atoms with Crippen LogP contribution in [-0.2, 0) is 0 Å². The first-order valence-corrected chi connectivity index (χ1v) is 19.8. The SMILES string of the molecule is C1=CC(c2nc(-c3ccccc3)nc(-c3cccc(-c4cccc5oc6cc(-c7cc8c(cc7-c7ccccc7)sc7ccccc78)ccc6c45)c3)n2)=CCC1. The predicted octanol–water partition coefficient (Wildman–Crippen LogP) is 14.2. The van der Waals surface area contributed by atoms with Gasteiger partial charge >= 0.3 is 0 Å². The minimum atomic E-state index is 0.647. The highest BCUT2D eigenvalue weighted by Crippen LogP contribution is 2.44. The molecule has 10 aromatic rings. The van der Waals surface area contributed by atoms with Gasteiger partial charge in [0, 0.05) is 47.6 Å². The molecule has 11 rings (SSSR count). The van der Waals surface area contributed by atoms with Crippen LogP contribution in [0.3, 0.4) is 0 Å². The summed E-state index contributed by atoms with van der Waals surface area (Å²) in [5.41, 5.74) is 11.5. The molecule has 0 radical (unpaired) electrons. The van der Waals surface area contributed by atoms with E-state index in [-0.39, 0.29) is 0 Å². The molecule has 0 fully saturated rings. The maximum Gasteiger partial charge on any atom is 0.164 e. The van der Waals surface area contributed by atoms with Gasteiger partial charge in [0.15, 0.2) is 17.5 Å². The summed E-state index contributed by atoms with van der Waals surface area (Å²) in [6.45, 7) is 0. The molecule has 0 bridgehead atoms. The summed E-state index contributed by atoms with van der Waals surface area (Å²) in [7, 11) is 0. The molecule has 0 unspecified atom stereocenters. The van der Waals surface area contributed by atoms with Crippen LogP contribution in [0.25, 0.3) is 104 Å². The van der Waals surface area contributed by atoms with Gasteiger partial charge in [0.05, 0.1) is 0 Å². The maximum atomic E-state index is 6.68. The first kappa shape index (κ1) is 32.5. The predicted molar refractivity (Wildman–Crippen MR) is 234 cm³/mol. The summed E-state index contributed by atoms with van der Waals surface area (Å²) >= 11 is 1.85. The summed E-state index contributed by atoms with van der Waals surface area (Å²) in [6, 6.07) is 55.8. The number of nitrogens with zero attached hydrogens (tertiary/aromatic N) is 3. The molecular weight excluding hydrogens is 703 g/mol. The zero-order valence-electron chi connectivity index (χ0n) is 30.3. The first-order valence-electron chi connectivity index (χ1n) is 19.0. The monoisotopic (exact) mass is 735 g/mol. The lowest BCUT2D eigenvalue weighted by molar-refractivity contribution is 0.669. The molecule has 0 atom stereocenters. The molecule has 5 heteroatoms. The van der Waals surface area contributed by atoms with Crippen LogP contribution in [-0.4, -0.2) is 15.0 Å². The van der Waals surface area contributed by atoms with Crippen molar-refractivity contribution in [2.24, 2.45) is 0 Å². The average Bonchev–Trinajstić information content (AvgIpc) is 3.84. The van der Waals surface area contributed by atoms with E-state index < -0.39 is 0 Å². The summed E-state index contributed by atoms with van der Waals surface area (Å²) in [6.07, 6.45) is 8.52. The molecule has 1 aliphatic rings. The van der Waals surface area contributed by atoms with E-state index in [9.17, 15) is 0 Å². The average molecular weight is 736 g/mol. The third kappa shape index (κ3) is 5.64. The van der Waals surface area contributed by atoms with Crippen LogP contribution in [0, 0.1) is 0 Å². The highest BCUT2D eigenvalue weighted by Gasteiger charge is 2.19. The van der Waals surface area contributed by atoms with Crippen LogP contribution in [0.15, 0.2) is 180 Å². The fourth-order valence-corrected chi connectivity index (χ4v) is 9.18. The van der Waals surface area contributed by atoms with E-state index in [0.717, 1.165) is 68.2 Å². The van der Waals surface area contributed by atoms with Gasteiger partial charge in [0.1, 0.15) is 11.2 Å². The number of furan rings is 1. The van der Waals surface area contributed by atoms with Gasteiger partial charge in [0.25, 0.3) is 0 Å². The number of hydrogen-bond acceptors (Lipinski definition) is 5. The third-order valence-electron chi connectivity index (χ3n) is 10.8. The fraction of sp³-hybridized carbons (Fsp3) is 0.0392. The van der Waals surface area contributed by atoms with E-state index in [0.29, 0.717) is 17.5 Å². The minimum absolute atomic E-state index is 0.647. The molecule has 0 saturated heterocycles. The first-order chi connectivity index (χ1) is 27.7. The lowest BCUT2D eigenvalue weighted by atomic mass is 9.92. The maximum absolute atomic E-state index is 6.68. The van der Waals surface area contributed by atoms with Crippen molar-refractivity contribution in [3.8, 4) is 56.2 Å². The van der Waals surface area contributed by atoms with Crippen LogP contribution < -0.4 is 0 Å². The number of allylic oxidation sites excluding steroid dienone is 4. The molecule has 0 amide bonds. The van der Waals surface area contributed by atoms with Gasteiger partial charge in [0.2, 0.25) is 0 Å². The Hall–Kier alpha value is -6.95. The Morgan fingerprint density at radius 3 is 1.96 bits per heavy atom. The second-order valence-corrected chi connectivity index (χ2v) is 15.3. The molecule has 0 aliphatic heterocycles. The molecule has 3 heterocycles. The van der Waals surface area contributed by atoms with E-state index in [1.54, 1.807) is 0 Å². The van der Waals surface area contributed by atoms with Crippen LogP contribution in [0.1, 0.15) is 18.7 Å². The molecule has 4 nitrogen and oxygen atoms in total. The Morgan fingerprint density at radius 1 is 0.429 bits per heavy atom. The summed E-state index contributed by atoms with van der Waals surface area (Å²) < 4.78 is 9.27. The number of fused-ring (bicyclic) bond motifs is 6. The Labute approximate surface area is 327 Å². The van der Waals surface area contributed by atoms with Crippen LogP contribution in [0.4, 0.5) is 0 Å².